The Kier molecular flexibility index (Phi) is 4.42. The largest absolute Gasteiger partial charge is 0.398 e. The van der Waals surface area contributed by atoms with Crippen molar-refractivity contribution in [2.24, 2.45) is 5.92 Å². The normalized spacial score (nSPS) is 13.6. The first-order chi connectivity index (χ1) is 9.42. The Morgan fingerprint density at radius 3 is 2.65 bits per heavy atom. The van der Waals surface area contributed by atoms with Crippen LogP contribution in [0.2, 0.25) is 0 Å². The van der Waals surface area contributed by atoms with E-state index >= 15 is 0 Å². The zero-order chi connectivity index (χ0) is 14.8. The molecule has 0 amide bonds. The van der Waals surface area contributed by atoms with E-state index in [1.165, 1.54) is 29.8 Å². The van der Waals surface area contributed by atoms with E-state index in [4.69, 9.17) is 5.73 Å². The van der Waals surface area contributed by atoms with Gasteiger partial charge in [-0.15, -0.1) is 11.3 Å². The highest BCUT2D eigenvalue weighted by atomic mass is 32.2. The lowest BCUT2D eigenvalue weighted by Gasteiger charge is -2.21. The molecular weight excluding hydrogens is 294 g/mol. The summed E-state index contributed by atoms with van der Waals surface area (Å²) in [5.74, 6) is 0.126. The number of thiophene rings is 1. The van der Waals surface area contributed by atoms with E-state index in [0.717, 1.165) is 4.88 Å². The molecule has 1 unspecified atom stereocenters. The third kappa shape index (κ3) is 3.17. The van der Waals surface area contributed by atoms with Crippen LogP contribution in [-0.2, 0) is 10.0 Å². The zero-order valence-electron chi connectivity index (χ0n) is 11.3. The maximum atomic E-state index is 12.4. The van der Waals surface area contributed by atoms with Gasteiger partial charge in [-0.2, -0.15) is 0 Å². The van der Waals surface area contributed by atoms with Gasteiger partial charge in [0.25, 0.3) is 0 Å². The van der Waals surface area contributed by atoms with Gasteiger partial charge in [0.15, 0.2) is 0 Å². The van der Waals surface area contributed by atoms with Crippen LogP contribution in [0.25, 0.3) is 0 Å². The fraction of sp³-hybridized carbons (Fsp3) is 0.308. The minimum atomic E-state index is -3.69. The lowest BCUT2D eigenvalue weighted by Crippen LogP contribution is -2.31. The predicted molar refractivity (Wildman–Crippen MR) is 80.9 cm³/mol. The van der Waals surface area contributed by atoms with Crippen LogP contribution in [0.15, 0.2) is 40.9 Å². The maximum absolute atomic E-state index is 12.4. The second-order valence-corrected chi connectivity index (χ2v) is 7.43. The summed E-state index contributed by atoms with van der Waals surface area (Å²) in [7, 11) is -3.69. The van der Waals surface area contributed by atoms with E-state index < -0.39 is 10.0 Å². The van der Waals surface area contributed by atoms with Crippen LogP contribution in [0.1, 0.15) is 24.8 Å². The summed E-state index contributed by atoms with van der Waals surface area (Å²) in [5.41, 5.74) is 5.92. The molecule has 20 heavy (non-hydrogen) atoms. The molecule has 0 saturated heterocycles. The molecule has 2 rings (SSSR count). The average Bonchev–Trinajstić information content (AvgIpc) is 2.89. The van der Waals surface area contributed by atoms with Crippen molar-refractivity contribution in [3.8, 4) is 0 Å². The van der Waals surface area contributed by atoms with Gasteiger partial charge in [0.1, 0.15) is 4.90 Å². The number of nitrogens with zero attached hydrogens (tertiary/aromatic N) is 1. The second kappa shape index (κ2) is 5.90. The average molecular weight is 311 g/mol. The van der Waals surface area contributed by atoms with E-state index in [1.54, 1.807) is 0 Å². The van der Waals surface area contributed by atoms with Crippen molar-refractivity contribution < 1.29 is 8.42 Å². The molecule has 1 atom stereocenters. The summed E-state index contributed by atoms with van der Waals surface area (Å²) < 4.78 is 27.6. The van der Waals surface area contributed by atoms with Gasteiger partial charge >= 0.3 is 0 Å². The monoisotopic (exact) mass is 311 g/mol. The number of pyridine rings is 1. The Bertz CT molecular complexity index is 667. The minimum Gasteiger partial charge on any atom is -0.398 e. The summed E-state index contributed by atoms with van der Waals surface area (Å²) in [6.07, 6.45) is 2.73. The molecule has 0 aliphatic rings. The van der Waals surface area contributed by atoms with Gasteiger partial charge in [-0.3, -0.25) is 4.98 Å². The van der Waals surface area contributed by atoms with Gasteiger partial charge in [-0.25, -0.2) is 13.1 Å². The highest BCUT2D eigenvalue weighted by molar-refractivity contribution is 7.89. The first-order valence-corrected chi connectivity index (χ1v) is 8.53. The summed E-state index contributed by atoms with van der Waals surface area (Å²) in [6.45, 7) is 3.94. The number of aromatic nitrogens is 1. The number of hydrogen-bond donors (Lipinski definition) is 2. The summed E-state index contributed by atoms with van der Waals surface area (Å²) >= 11 is 1.53. The van der Waals surface area contributed by atoms with Gasteiger partial charge in [0, 0.05) is 17.3 Å². The first-order valence-electron chi connectivity index (χ1n) is 6.17. The highest BCUT2D eigenvalue weighted by Crippen LogP contribution is 2.28. The van der Waals surface area contributed by atoms with Gasteiger partial charge in [0.2, 0.25) is 10.0 Å². The molecule has 0 aliphatic heterocycles. The quantitative estimate of drug-likeness (QED) is 0.888. The van der Waals surface area contributed by atoms with Crippen molar-refractivity contribution >= 4 is 27.0 Å². The molecule has 0 aromatic carbocycles. The number of nitrogens with one attached hydrogen (secondary N) is 1. The van der Waals surface area contributed by atoms with Crippen LogP contribution in [0.4, 0.5) is 5.69 Å². The number of anilines is 1. The smallest absolute Gasteiger partial charge is 0.244 e. The number of nitrogens with two attached hydrogens (primary N) is 1. The lowest BCUT2D eigenvalue weighted by atomic mass is 10.0. The number of sulfonamides is 1. The number of rotatable bonds is 5. The number of nitrogen functional groups attached to an aromatic ring is 1. The Balaban J connectivity index is 2.34. The summed E-state index contributed by atoms with van der Waals surface area (Å²) in [5, 5.41) is 1.93. The molecule has 0 spiro atoms. The van der Waals surface area contributed by atoms with Crippen molar-refractivity contribution in [1.82, 2.24) is 9.71 Å². The minimum absolute atomic E-state index is 0.0159. The van der Waals surface area contributed by atoms with Crippen molar-refractivity contribution in [2.45, 2.75) is 24.8 Å². The van der Waals surface area contributed by atoms with Crippen LogP contribution >= 0.6 is 11.3 Å². The summed E-state index contributed by atoms with van der Waals surface area (Å²) in [6, 6.07) is 5.02. The fourth-order valence-electron chi connectivity index (χ4n) is 1.84. The molecule has 5 nitrogen and oxygen atoms in total. The highest BCUT2D eigenvalue weighted by Gasteiger charge is 2.26. The zero-order valence-corrected chi connectivity index (χ0v) is 12.9. The first kappa shape index (κ1) is 15.0. The van der Waals surface area contributed by atoms with E-state index in [1.807, 2.05) is 31.4 Å². The standard InChI is InChI=1S/C13H17N3O2S2/c1-9(2)13(11-4-3-7-19-11)16-20(17,18)12-8-15-6-5-10(12)14/h3-9,13,16H,1-2H3,(H2,14,15). The second-order valence-electron chi connectivity index (χ2n) is 4.77. The van der Waals surface area contributed by atoms with Crippen molar-refractivity contribution in [2.75, 3.05) is 5.73 Å². The van der Waals surface area contributed by atoms with Gasteiger partial charge in [-0.1, -0.05) is 19.9 Å². The SMILES string of the molecule is CC(C)C(NS(=O)(=O)c1cnccc1N)c1cccs1. The molecule has 0 fully saturated rings. The molecule has 3 N–H and O–H groups in total. The Labute approximate surface area is 122 Å². The lowest BCUT2D eigenvalue weighted by molar-refractivity contribution is 0.469. The molecule has 2 aromatic rings. The predicted octanol–water partition coefficient (Wildman–Crippen LogP) is 2.40. The topological polar surface area (TPSA) is 85.1 Å². The van der Waals surface area contributed by atoms with E-state index in [9.17, 15) is 8.42 Å². The van der Waals surface area contributed by atoms with Crippen LogP contribution < -0.4 is 10.5 Å². The Hall–Kier alpha value is -1.44. The molecule has 0 aliphatic carbocycles. The Morgan fingerprint density at radius 2 is 2.10 bits per heavy atom. The maximum Gasteiger partial charge on any atom is 0.244 e. The van der Waals surface area contributed by atoms with Crippen LogP contribution in [0.3, 0.4) is 0 Å². The Morgan fingerprint density at radius 1 is 1.35 bits per heavy atom. The molecule has 7 heteroatoms. The van der Waals surface area contributed by atoms with Crippen molar-refractivity contribution in [3.05, 3.63) is 40.8 Å². The third-order valence-corrected chi connectivity index (χ3v) is 5.34. The molecule has 2 heterocycles. The summed E-state index contributed by atoms with van der Waals surface area (Å²) in [4.78, 5) is 4.82. The molecule has 0 bridgehead atoms. The molecule has 0 radical (unpaired) electrons. The third-order valence-electron chi connectivity index (χ3n) is 2.90. The van der Waals surface area contributed by atoms with E-state index in [0.29, 0.717) is 0 Å². The molecule has 2 aromatic heterocycles. The van der Waals surface area contributed by atoms with E-state index in [-0.39, 0.29) is 22.5 Å². The van der Waals surface area contributed by atoms with E-state index in [2.05, 4.69) is 9.71 Å². The van der Waals surface area contributed by atoms with Crippen LogP contribution in [0.5, 0.6) is 0 Å². The van der Waals surface area contributed by atoms with Gasteiger partial charge < -0.3 is 5.73 Å². The van der Waals surface area contributed by atoms with Gasteiger partial charge in [-0.05, 0) is 23.4 Å². The molecular formula is C13H17N3O2S2. The molecule has 0 saturated carbocycles. The van der Waals surface area contributed by atoms with Crippen molar-refractivity contribution in [1.29, 1.82) is 0 Å². The van der Waals surface area contributed by atoms with Crippen LogP contribution in [0, 0.1) is 5.92 Å². The fourth-order valence-corrected chi connectivity index (χ4v) is 4.30. The number of hydrogen-bond acceptors (Lipinski definition) is 5. The van der Waals surface area contributed by atoms with Gasteiger partial charge in [0.05, 0.1) is 11.7 Å². The van der Waals surface area contributed by atoms with Crippen LogP contribution in [-0.4, -0.2) is 13.4 Å². The van der Waals surface area contributed by atoms with Crippen molar-refractivity contribution in [3.63, 3.8) is 0 Å². The molecule has 108 valence electrons.